The summed E-state index contributed by atoms with van der Waals surface area (Å²) in [5, 5.41) is 0. The molecule has 0 N–H and O–H groups in total. The fourth-order valence-electron chi connectivity index (χ4n) is 7.21. The molecule has 14 heteroatoms. The highest BCUT2D eigenvalue weighted by atomic mass is 16.8. The molecule has 0 spiro atoms. The second kappa shape index (κ2) is 18.7. The minimum Gasteiger partial charge on any atom is -0.467 e. The number of esters is 6. The molecule has 1 aromatic carbocycles. The van der Waals surface area contributed by atoms with Gasteiger partial charge >= 0.3 is 35.8 Å². The van der Waals surface area contributed by atoms with E-state index in [-0.39, 0.29) is 24.7 Å². The largest absolute Gasteiger partial charge is 0.467 e. The molecule has 0 radical (unpaired) electrons. The molecule has 2 aliphatic rings. The molecule has 2 aliphatic heterocycles. The van der Waals surface area contributed by atoms with Crippen molar-refractivity contribution in [2.24, 2.45) is 17.8 Å². The number of carbonyl (C=O) groups excluding carboxylic acids is 6. The van der Waals surface area contributed by atoms with E-state index in [1.165, 1.54) is 6.92 Å². The van der Waals surface area contributed by atoms with Gasteiger partial charge in [-0.15, -0.1) is 0 Å². The summed E-state index contributed by atoms with van der Waals surface area (Å²) in [5.74, 6) is -8.14. The van der Waals surface area contributed by atoms with E-state index in [1.54, 1.807) is 6.08 Å². The Morgan fingerprint density at radius 2 is 1.56 bits per heavy atom. The quantitative estimate of drug-likeness (QED) is 0.0868. The monoisotopic (exact) mass is 758 g/mol. The molecule has 0 saturated carbocycles. The van der Waals surface area contributed by atoms with Gasteiger partial charge in [-0.2, -0.15) is 0 Å². The van der Waals surface area contributed by atoms with Crippen LogP contribution in [0.4, 0.5) is 0 Å². The number of rotatable bonds is 18. The third-order valence-corrected chi connectivity index (χ3v) is 9.86. The molecule has 1 aromatic rings. The molecule has 2 heterocycles. The van der Waals surface area contributed by atoms with Gasteiger partial charge in [0.15, 0.2) is 12.2 Å². The summed E-state index contributed by atoms with van der Waals surface area (Å²) in [6.07, 6.45) is 0.223. The number of hydrogen-bond acceptors (Lipinski definition) is 14. The Labute approximate surface area is 316 Å². The van der Waals surface area contributed by atoms with Gasteiger partial charge in [0.2, 0.25) is 5.79 Å². The third-order valence-electron chi connectivity index (χ3n) is 9.86. The lowest BCUT2D eigenvalue weighted by atomic mass is 9.77. The summed E-state index contributed by atoms with van der Waals surface area (Å²) in [5.41, 5.74) is -4.15. The molecule has 298 valence electrons. The van der Waals surface area contributed by atoms with Gasteiger partial charge in [0.1, 0.15) is 12.7 Å². The summed E-state index contributed by atoms with van der Waals surface area (Å²) in [4.78, 5) is 79.2. The normalized spacial score (nSPS) is 26.8. The van der Waals surface area contributed by atoms with E-state index in [9.17, 15) is 28.8 Å². The Balaban J connectivity index is 2.16. The summed E-state index contributed by atoms with van der Waals surface area (Å²) in [6.45, 7) is 14.6. The second-order valence-electron chi connectivity index (χ2n) is 14.2. The first-order chi connectivity index (χ1) is 25.4. The molecular formula is C40H54O14. The number of fused-ring (bicyclic) bond motifs is 2. The SMILES string of the molecule is C=C(CC[C@]12OC[C@@](OC(C)=O)(C(=O)OC)[C@](C(=O)OC)(O1)[C@H](OC(=O)/C=C/[C@@H](C)C[C@@H](C)CC)[C@H]2OC(C)=O)[C@@H](OC(C)=O)[C@H](C)Cc1ccccc1. The predicted octanol–water partition coefficient (Wildman–Crippen LogP) is 4.75. The number of hydrogen-bond donors (Lipinski definition) is 0. The van der Waals surface area contributed by atoms with Crippen LogP contribution in [0, 0.1) is 17.8 Å². The summed E-state index contributed by atoms with van der Waals surface area (Å²) in [6, 6.07) is 9.58. The van der Waals surface area contributed by atoms with Gasteiger partial charge in [-0.1, -0.05) is 77.1 Å². The van der Waals surface area contributed by atoms with E-state index in [0.717, 1.165) is 52.5 Å². The first kappa shape index (κ1) is 43.8. The Bertz CT molecular complexity index is 1570. The zero-order chi connectivity index (χ0) is 40.4. The van der Waals surface area contributed by atoms with Crippen LogP contribution in [0.5, 0.6) is 0 Å². The van der Waals surface area contributed by atoms with Crippen molar-refractivity contribution in [1.29, 1.82) is 0 Å². The highest BCUT2D eigenvalue weighted by molar-refractivity contribution is 5.97. The third kappa shape index (κ3) is 9.56. The van der Waals surface area contributed by atoms with Crippen molar-refractivity contribution in [3.63, 3.8) is 0 Å². The smallest absolute Gasteiger partial charge is 0.356 e. The number of carbonyl (C=O) groups is 6. The average molecular weight is 759 g/mol. The number of allylic oxidation sites excluding steroid dienone is 1. The molecule has 0 aromatic heterocycles. The van der Waals surface area contributed by atoms with Crippen LogP contribution in [0.25, 0.3) is 0 Å². The number of benzene rings is 1. The van der Waals surface area contributed by atoms with Crippen molar-refractivity contribution >= 4 is 35.8 Å². The Morgan fingerprint density at radius 1 is 0.907 bits per heavy atom. The van der Waals surface area contributed by atoms with Gasteiger partial charge in [-0.25, -0.2) is 14.4 Å². The van der Waals surface area contributed by atoms with E-state index in [0.29, 0.717) is 17.9 Å². The zero-order valence-electron chi connectivity index (χ0n) is 32.7. The average Bonchev–Trinajstić information content (AvgIpc) is 3.34. The number of ether oxygens (including phenoxy) is 8. The number of methoxy groups -OCH3 is 2. The van der Waals surface area contributed by atoms with Crippen LogP contribution in [-0.2, 0) is 73.1 Å². The van der Waals surface area contributed by atoms with E-state index in [1.807, 2.05) is 44.2 Å². The van der Waals surface area contributed by atoms with Gasteiger partial charge in [0, 0.05) is 39.2 Å². The molecule has 2 fully saturated rings. The van der Waals surface area contributed by atoms with Crippen LogP contribution >= 0.6 is 0 Å². The maximum atomic E-state index is 14.2. The standard InChI is InChI=1S/C40H54O14/c1-11-24(2)21-25(3)17-18-32(44)52-35-34(51-29(7)42)39(20-19-26(4)33(50-28(6)41)27(5)22-31-15-13-12-14-16-31)49-23-38(36(45)47-9,53-30(8)43)40(35,54-39)37(46)48-10/h12-18,24-25,27,33-35H,4,11,19-23H2,1-3,5-10H3/b18-17+/t24-,25+,27+,33+,34+,35+,38+,39-,40-/m0/s1. The van der Waals surface area contributed by atoms with Gasteiger partial charge in [0.25, 0.3) is 11.2 Å². The fraction of sp³-hybridized carbons (Fsp3) is 0.600. The topological polar surface area (TPSA) is 176 Å². The van der Waals surface area contributed by atoms with Crippen LogP contribution in [0.2, 0.25) is 0 Å². The molecule has 2 saturated heterocycles. The minimum atomic E-state index is -2.82. The second-order valence-corrected chi connectivity index (χ2v) is 14.2. The molecule has 14 nitrogen and oxygen atoms in total. The molecule has 3 rings (SSSR count). The van der Waals surface area contributed by atoms with Gasteiger partial charge in [-0.05, 0) is 42.2 Å². The van der Waals surface area contributed by atoms with Crippen molar-refractivity contribution < 1.29 is 66.7 Å². The summed E-state index contributed by atoms with van der Waals surface area (Å²) < 4.78 is 45.8. The van der Waals surface area contributed by atoms with Crippen LogP contribution < -0.4 is 0 Å². The van der Waals surface area contributed by atoms with Gasteiger partial charge in [-0.3, -0.25) is 14.4 Å². The highest BCUT2D eigenvalue weighted by Gasteiger charge is 2.85. The van der Waals surface area contributed by atoms with E-state index >= 15 is 0 Å². The first-order valence-corrected chi connectivity index (χ1v) is 18.1. The first-order valence-electron chi connectivity index (χ1n) is 18.1. The lowest BCUT2D eigenvalue weighted by Crippen LogP contribution is -2.75. The van der Waals surface area contributed by atoms with Gasteiger partial charge in [0.05, 0.1) is 14.2 Å². The molecule has 0 unspecified atom stereocenters. The zero-order valence-corrected chi connectivity index (χ0v) is 32.7. The van der Waals surface area contributed by atoms with E-state index in [2.05, 4.69) is 20.4 Å². The Hall–Kier alpha value is -4.56. The van der Waals surface area contributed by atoms with Crippen molar-refractivity contribution in [2.75, 3.05) is 20.8 Å². The molecule has 2 bridgehead atoms. The van der Waals surface area contributed by atoms with E-state index in [4.69, 9.17) is 37.9 Å². The maximum absolute atomic E-state index is 14.2. The van der Waals surface area contributed by atoms with Crippen LogP contribution in [0.1, 0.15) is 79.7 Å². The van der Waals surface area contributed by atoms with Gasteiger partial charge < -0.3 is 37.9 Å². The van der Waals surface area contributed by atoms with Crippen molar-refractivity contribution in [2.45, 2.75) is 116 Å². The lowest BCUT2D eigenvalue weighted by Gasteiger charge is -2.48. The Morgan fingerprint density at radius 3 is 2.11 bits per heavy atom. The van der Waals surface area contributed by atoms with Crippen molar-refractivity contribution in [1.82, 2.24) is 0 Å². The fourth-order valence-corrected chi connectivity index (χ4v) is 7.21. The predicted molar refractivity (Wildman–Crippen MR) is 192 cm³/mol. The van der Waals surface area contributed by atoms with Crippen molar-refractivity contribution in [3.8, 4) is 0 Å². The molecule has 0 aliphatic carbocycles. The lowest BCUT2D eigenvalue weighted by molar-refractivity contribution is -0.356. The highest BCUT2D eigenvalue weighted by Crippen LogP contribution is 2.56. The van der Waals surface area contributed by atoms with Crippen molar-refractivity contribution in [3.05, 3.63) is 60.2 Å². The summed E-state index contributed by atoms with van der Waals surface area (Å²) in [7, 11) is 1.97. The minimum absolute atomic E-state index is 0.0153. The maximum Gasteiger partial charge on any atom is 0.356 e. The molecule has 9 atom stereocenters. The van der Waals surface area contributed by atoms with E-state index < -0.39 is 77.7 Å². The van der Waals surface area contributed by atoms with Crippen LogP contribution in [-0.4, -0.2) is 91.9 Å². The molecule has 54 heavy (non-hydrogen) atoms. The Kier molecular flexibility index (Phi) is 15.1. The van der Waals surface area contributed by atoms with Crippen LogP contribution in [0.15, 0.2) is 54.6 Å². The van der Waals surface area contributed by atoms with Crippen LogP contribution in [0.3, 0.4) is 0 Å². The molecular weight excluding hydrogens is 704 g/mol. The summed E-state index contributed by atoms with van der Waals surface area (Å²) >= 11 is 0. The molecule has 0 amide bonds.